The number of aliphatic hydroxyl groups excluding tert-OH is 1. The number of fused-ring (bicyclic) bond motifs is 3. The highest BCUT2D eigenvalue weighted by Crippen LogP contribution is 2.40. The minimum absolute atomic E-state index is 0.0339. The standard InChI is InChI=1S/C19H19NO5S/c1-12-6-8-14(9-7-12)26(23,24)25-18-17(21)16-15-5-3-2-4-13(15)10-11-20(16)19(18)22/h2-9,16-18,21H,10-11H2,1H3/t16-,17-,18+/m0/s1. The van der Waals surface area contributed by atoms with E-state index in [1.165, 1.54) is 17.0 Å². The minimum atomic E-state index is -4.15. The van der Waals surface area contributed by atoms with Crippen LogP contribution in [0.25, 0.3) is 0 Å². The first-order valence-corrected chi connectivity index (χ1v) is 9.85. The molecule has 2 aromatic rings. The zero-order chi connectivity index (χ0) is 18.5. The van der Waals surface area contributed by atoms with E-state index < -0.39 is 34.3 Å². The molecule has 6 nitrogen and oxygen atoms in total. The number of amides is 1. The lowest BCUT2D eigenvalue weighted by molar-refractivity contribution is -0.135. The summed E-state index contributed by atoms with van der Waals surface area (Å²) in [6, 6.07) is 13.2. The molecule has 0 spiro atoms. The Morgan fingerprint density at radius 2 is 1.81 bits per heavy atom. The van der Waals surface area contributed by atoms with Gasteiger partial charge >= 0.3 is 0 Å². The summed E-state index contributed by atoms with van der Waals surface area (Å²) >= 11 is 0. The van der Waals surface area contributed by atoms with Gasteiger partial charge in [-0.2, -0.15) is 8.42 Å². The summed E-state index contributed by atoms with van der Waals surface area (Å²) in [4.78, 5) is 14.2. The predicted octanol–water partition coefficient (Wildman–Crippen LogP) is 1.57. The van der Waals surface area contributed by atoms with Crippen molar-refractivity contribution in [1.82, 2.24) is 4.90 Å². The molecule has 0 radical (unpaired) electrons. The Kier molecular flexibility index (Phi) is 4.10. The molecule has 7 heteroatoms. The largest absolute Gasteiger partial charge is 0.387 e. The SMILES string of the molecule is Cc1ccc(S(=O)(=O)O[C@H]2C(=O)N3CCc4ccccc4[C@H]3[C@@H]2O)cc1. The first-order chi connectivity index (χ1) is 12.4. The monoisotopic (exact) mass is 373 g/mol. The molecular formula is C19H19NO5S. The van der Waals surface area contributed by atoms with Crippen LogP contribution in [0, 0.1) is 6.92 Å². The molecule has 0 unspecified atom stereocenters. The summed E-state index contributed by atoms with van der Waals surface area (Å²) in [6.07, 6.45) is -2.01. The highest BCUT2D eigenvalue weighted by atomic mass is 32.2. The fraction of sp³-hybridized carbons (Fsp3) is 0.316. The van der Waals surface area contributed by atoms with Crippen molar-refractivity contribution in [3.05, 3.63) is 65.2 Å². The number of hydrogen-bond acceptors (Lipinski definition) is 5. The number of carbonyl (C=O) groups excluding carboxylic acids is 1. The van der Waals surface area contributed by atoms with Gasteiger partial charge in [0.1, 0.15) is 6.10 Å². The van der Waals surface area contributed by atoms with E-state index in [2.05, 4.69) is 0 Å². The first kappa shape index (κ1) is 17.2. The molecule has 2 aliphatic rings. The van der Waals surface area contributed by atoms with Crippen molar-refractivity contribution in [1.29, 1.82) is 0 Å². The quantitative estimate of drug-likeness (QED) is 0.826. The van der Waals surface area contributed by atoms with Crippen molar-refractivity contribution < 1.29 is 22.5 Å². The number of aryl methyl sites for hydroxylation is 1. The third-order valence-electron chi connectivity index (χ3n) is 5.03. The van der Waals surface area contributed by atoms with Crippen LogP contribution < -0.4 is 0 Å². The topological polar surface area (TPSA) is 83.9 Å². The molecule has 2 aromatic carbocycles. The van der Waals surface area contributed by atoms with Crippen LogP contribution in [0.1, 0.15) is 22.7 Å². The fourth-order valence-corrected chi connectivity index (χ4v) is 4.73. The van der Waals surface area contributed by atoms with Gasteiger partial charge in [-0.15, -0.1) is 0 Å². The van der Waals surface area contributed by atoms with Crippen molar-refractivity contribution in [3.63, 3.8) is 0 Å². The van der Waals surface area contributed by atoms with Crippen LogP contribution in [0.4, 0.5) is 0 Å². The van der Waals surface area contributed by atoms with Gasteiger partial charge in [-0.3, -0.25) is 8.98 Å². The molecule has 136 valence electrons. The Morgan fingerprint density at radius 3 is 2.54 bits per heavy atom. The zero-order valence-corrected chi connectivity index (χ0v) is 15.0. The van der Waals surface area contributed by atoms with E-state index in [1.807, 2.05) is 31.2 Å². The van der Waals surface area contributed by atoms with Crippen molar-refractivity contribution >= 4 is 16.0 Å². The van der Waals surface area contributed by atoms with Gasteiger partial charge in [-0.05, 0) is 36.6 Å². The first-order valence-electron chi connectivity index (χ1n) is 8.45. The molecule has 2 heterocycles. The number of nitrogens with zero attached hydrogens (tertiary/aromatic N) is 1. The van der Waals surface area contributed by atoms with Gasteiger partial charge in [0.05, 0.1) is 10.9 Å². The smallest absolute Gasteiger partial charge is 0.297 e. The van der Waals surface area contributed by atoms with Crippen molar-refractivity contribution in [2.24, 2.45) is 0 Å². The Balaban J connectivity index is 1.65. The Labute approximate surface area is 152 Å². The van der Waals surface area contributed by atoms with Crippen molar-refractivity contribution in [2.45, 2.75) is 36.5 Å². The van der Waals surface area contributed by atoms with Crippen LogP contribution in [-0.2, 0) is 25.5 Å². The van der Waals surface area contributed by atoms with Gasteiger partial charge in [-0.25, -0.2) is 0 Å². The predicted molar refractivity (Wildman–Crippen MR) is 93.8 cm³/mol. The van der Waals surface area contributed by atoms with Crippen LogP contribution in [-0.4, -0.2) is 43.1 Å². The summed E-state index contributed by atoms with van der Waals surface area (Å²) in [6.45, 7) is 2.28. The van der Waals surface area contributed by atoms with Gasteiger partial charge in [0.25, 0.3) is 16.0 Å². The number of benzene rings is 2. The molecule has 26 heavy (non-hydrogen) atoms. The van der Waals surface area contributed by atoms with Crippen LogP contribution in [0.2, 0.25) is 0 Å². The molecule has 0 aromatic heterocycles. The average Bonchev–Trinajstić information content (AvgIpc) is 2.87. The van der Waals surface area contributed by atoms with E-state index in [4.69, 9.17) is 4.18 Å². The number of hydrogen-bond donors (Lipinski definition) is 1. The lowest BCUT2D eigenvalue weighted by atomic mass is 9.91. The Bertz CT molecular complexity index is 954. The Hall–Kier alpha value is -2.22. The second kappa shape index (κ2) is 6.19. The molecular weight excluding hydrogens is 354 g/mol. The molecule has 2 aliphatic heterocycles. The second-order valence-electron chi connectivity index (χ2n) is 6.70. The summed E-state index contributed by atoms with van der Waals surface area (Å²) < 4.78 is 30.3. The highest BCUT2D eigenvalue weighted by Gasteiger charge is 2.52. The molecule has 1 amide bonds. The summed E-state index contributed by atoms with van der Waals surface area (Å²) in [5, 5.41) is 10.7. The normalized spacial score (nSPS) is 25.1. The number of aliphatic hydroxyl groups is 1. The zero-order valence-electron chi connectivity index (χ0n) is 14.2. The Morgan fingerprint density at radius 1 is 1.12 bits per heavy atom. The molecule has 3 atom stereocenters. The van der Waals surface area contributed by atoms with E-state index in [0.717, 1.165) is 16.7 Å². The summed E-state index contributed by atoms with van der Waals surface area (Å²) in [7, 11) is -4.15. The van der Waals surface area contributed by atoms with E-state index in [9.17, 15) is 18.3 Å². The van der Waals surface area contributed by atoms with Gasteiger partial charge in [-0.1, -0.05) is 42.0 Å². The molecule has 0 saturated carbocycles. The van der Waals surface area contributed by atoms with E-state index in [1.54, 1.807) is 12.1 Å². The second-order valence-corrected chi connectivity index (χ2v) is 8.27. The van der Waals surface area contributed by atoms with Crippen LogP contribution in [0.5, 0.6) is 0 Å². The molecule has 1 N–H and O–H groups in total. The van der Waals surface area contributed by atoms with Gasteiger partial charge < -0.3 is 10.0 Å². The molecule has 4 rings (SSSR count). The average molecular weight is 373 g/mol. The fourth-order valence-electron chi connectivity index (χ4n) is 3.68. The van der Waals surface area contributed by atoms with Gasteiger partial charge in [0, 0.05) is 6.54 Å². The van der Waals surface area contributed by atoms with Crippen LogP contribution >= 0.6 is 0 Å². The highest BCUT2D eigenvalue weighted by molar-refractivity contribution is 7.86. The summed E-state index contributed by atoms with van der Waals surface area (Å²) in [5.74, 6) is -0.493. The third-order valence-corrected chi connectivity index (χ3v) is 6.34. The number of carbonyl (C=O) groups is 1. The maximum Gasteiger partial charge on any atom is 0.297 e. The molecule has 1 saturated heterocycles. The lowest BCUT2D eigenvalue weighted by Crippen LogP contribution is -2.37. The maximum atomic E-state index is 12.7. The molecule has 0 aliphatic carbocycles. The van der Waals surface area contributed by atoms with Crippen molar-refractivity contribution in [2.75, 3.05) is 6.54 Å². The van der Waals surface area contributed by atoms with E-state index >= 15 is 0 Å². The van der Waals surface area contributed by atoms with Crippen LogP contribution in [0.15, 0.2) is 53.4 Å². The van der Waals surface area contributed by atoms with Gasteiger partial charge in [0.2, 0.25) is 0 Å². The van der Waals surface area contributed by atoms with Crippen LogP contribution in [0.3, 0.4) is 0 Å². The summed E-state index contributed by atoms with van der Waals surface area (Å²) in [5.41, 5.74) is 2.82. The lowest BCUT2D eigenvalue weighted by Gasteiger charge is -2.32. The van der Waals surface area contributed by atoms with E-state index in [-0.39, 0.29) is 4.90 Å². The third kappa shape index (κ3) is 2.72. The minimum Gasteiger partial charge on any atom is -0.387 e. The number of rotatable bonds is 3. The maximum absolute atomic E-state index is 12.7. The van der Waals surface area contributed by atoms with E-state index in [0.29, 0.717) is 13.0 Å². The molecule has 0 bridgehead atoms. The van der Waals surface area contributed by atoms with Gasteiger partial charge in [0.15, 0.2) is 6.10 Å². The van der Waals surface area contributed by atoms with Crippen molar-refractivity contribution in [3.8, 4) is 0 Å². The molecule has 1 fully saturated rings.